The maximum atomic E-state index is 5.02. The molecule has 22 heavy (non-hydrogen) atoms. The number of guanidine groups is 1. The van der Waals surface area contributed by atoms with Crippen LogP contribution < -0.4 is 10.6 Å². The van der Waals surface area contributed by atoms with Crippen LogP contribution in [0.3, 0.4) is 0 Å². The number of thioether (sulfide) groups is 1. The van der Waals surface area contributed by atoms with Crippen LogP contribution in [0.1, 0.15) is 17.5 Å². The molecule has 1 aromatic carbocycles. The number of aryl methyl sites for hydroxylation is 1. The SMILES string of the molecule is CN=C(NCCCOC)NCCSCc1ccc(C)cc1.I. The number of hydrogen-bond acceptors (Lipinski definition) is 3. The summed E-state index contributed by atoms with van der Waals surface area (Å²) in [7, 11) is 3.52. The molecule has 0 fully saturated rings. The first-order valence-corrected chi connectivity index (χ1v) is 8.48. The van der Waals surface area contributed by atoms with Crippen molar-refractivity contribution in [3.05, 3.63) is 35.4 Å². The van der Waals surface area contributed by atoms with E-state index in [4.69, 9.17) is 4.74 Å². The Morgan fingerprint density at radius 2 is 1.86 bits per heavy atom. The lowest BCUT2D eigenvalue weighted by Gasteiger charge is -2.11. The molecule has 0 saturated carbocycles. The number of benzene rings is 1. The highest BCUT2D eigenvalue weighted by Crippen LogP contribution is 2.12. The molecule has 0 aliphatic heterocycles. The first kappa shape index (κ1) is 21.5. The van der Waals surface area contributed by atoms with Crippen LogP contribution in [0.15, 0.2) is 29.3 Å². The number of rotatable bonds is 9. The summed E-state index contributed by atoms with van der Waals surface area (Å²) in [5.74, 6) is 2.98. The lowest BCUT2D eigenvalue weighted by molar-refractivity contribution is 0.195. The molecule has 6 heteroatoms. The van der Waals surface area contributed by atoms with Crippen molar-refractivity contribution >= 4 is 41.7 Å². The third-order valence-corrected chi connectivity index (χ3v) is 4.00. The minimum absolute atomic E-state index is 0. The van der Waals surface area contributed by atoms with Crippen molar-refractivity contribution in [2.24, 2.45) is 4.99 Å². The Morgan fingerprint density at radius 1 is 1.18 bits per heavy atom. The number of nitrogens with zero attached hydrogens (tertiary/aromatic N) is 1. The van der Waals surface area contributed by atoms with E-state index in [-0.39, 0.29) is 24.0 Å². The van der Waals surface area contributed by atoms with Crippen LogP contribution >= 0.6 is 35.7 Å². The van der Waals surface area contributed by atoms with Gasteiger partial charge in [-0.2, -0.15) is 11.8 Å². The van der Waals surface area contributed by atoms with Gasteiger partial charge in [0.15, 0.2) is 5.96 Å². The maximum absolute atomic E-state index is 5.02. The van der Waals surface area contributed by atoms with E-state index >= 15 is 0 Å². The van der Waals surface area contributed by atoms with Crippen LogP contribution in [0.4, 0.5) is 0 Å². The van der Waals surface area contributed by atoms with Gasteiger partial charge in [-0.25, -0.2) is 0 Å². The number of aliphatic imine (C=N–C) groups is 1. The predicted octanol–water partition coefficient (Wildman–Crippen LogP) is 3.05. The molecule has 0 aromatic heterocycles. The van der Waals surface area contributed by atoms with Crippen molar-refractivity contribution < 1.29 is 4.74 Å². The minimum Gasteiger partial charge on any atom is -0.385 e. The molecule has 1 rings (SSSR count). The van der Waals surface area contributed by atoms with E-state index in [1.807, 2.05) is 11.8 Å². The molecule has 4 nitrogen and oxygen atoms in total. The van der Waals surface area contributed by atoms with Gasteiger partial charge in [-0.15, -0.1) is 24.0 Å². The Kier molecular flexibility index (Phi) is 13.8. The number of nitrogens with one attached hydrogen (secondary N) is 2. The Labute approximate surface area is 155 Å². The van der Waals surface area contributed by atoms with Crippen LogP contribution in [-0.2, 0) is 10.5 Å². The largest absolute Gasteiger partial charge is 0.385 e. The van der Waals surface area contributed by atoms with Crippen LogP contribution in [0.5, 0.6) is 0 Å². The molecule has 0 bridgehead atoms. The summed E-state index contributed by atoms with van der Waals surface area (Å²) in [5.41, 5.74) is 2.70. The number of methoxy groups -OCH3 is 1. The molecule has 0 radical (unpaired) electrons. The second kappa shape index (κ2) is 14.1. The van der Waals surface area contributed by atoms with E-state index in [0.29, 0.717) is 0 Å². The zero-order valence-corrected chi connectivity index (χ0v) is 16.9. The molecule has 0 unspecified atom stereocenters. The lowest BCUT2D eigenvalue weighted by Crippen LogP contribution is -2.39. The normalized spacial score (nSPS) is 11.0. The fraction of sp³-hybridized carbons (Fsp3) is 0.562. The van der Waals surface area contributed by atoms with Gasteiger partial charge in [-0.05, 0) is 18.9 Å². The fourth-order valence-electron chi connectivity index (χ4n) is 1.76. The van der Waals surface area contributed by atoms with Crippen molar-refractivity contribution in [3.63, 3.8) is 0 Å². The van der Waals surface area contributed by atoms with Gasteiger partial charge in [0, 0.05) is 45.4 Å². The highest BCUT2D eigenvalue weighted by molar-refractivity contribution is 14.0. The van der Waals surface area contributed by atoms with Crippen LogP contribution in [0.2, 0.25) is 0 Å². The Bertz CT molecular complexity index is 412. The van der Waals surface area contributed by atoms with Crippen molar-refractivity contribution in [3.8, 4) is 0 Å². The summed E-state index contributed by atoms with van der Waals surface area (Å²) < 4.78 is 5.02. The Morgan fingerprint density at radius 3 is 2.50 bits per heavy atom. The summed E-state index contributed by atoms with van der Waals surface area (Å²) >= 11 is 1.93. The van der Waals surface area contributed by atoms with Gasteiger partial charge in [-0.3, -0.25) is 4.99 Å². The van der Waals surface area contributed by atoms with Crippen molar-refractivity contribution in [2.45, 2.75) is 19.1 Å². The molecule has 0 amide bonds. The predicted molar refractivity (Wildman–Crippen MR) is 109 cm³/mol. The molecule has 0 spiro atoms. The standard InChI is InChI=1S/C16H27N3OS.HI/c1-14-5-7-15(8-6-14)13-21-12-10-19-16(17-2)18-9-4-11-20-3;/h5-8H,4,9-13H2,1-3H3,(H2,17,18,19);1H. The summed E-state index contributed by atoms with van der Waals surface area (Å²) in [6, 6.07) is 8.73. The summed E-state index contributed by atoms with van der Waals surface area (Å²) in [6.45, 7) is 4.69. The zero-order valence-electron chi connectivity index (χ0n) is 13.7. The molecule has 2 N–H and O–H groups in total. The average molecular weight is 437 g/mol. The van der Waals surface area contributed by atoms with E-state index in [0.717, 1.165) is 43.6 Å². The highest BCUT2D eigenvalue weighted by atomic mass is 127. The van der Waals surface area contributed by atoms with Gasteiger partial charge in [0.1, 0.15) is 0 Å². The van der Waals surface area contributed by atoms with E-state index in [1.165, 1.54) is 11.1 Å². The molecular formula is C16H28IN3OS. The van der Waals surface area contributed by atoms with Gasteiger partial charge in [-0.1, -0.05) is 29.8 Å². The van der Waals surface area contributed by atoms with Gasteiger partial charge in [0.05, 0.1) is 0 Å². The van der Waals surface area contributed by atoms with Gasteiger partial charge in [0.2, 0.25) is 0 Å². The minimum atomic E-state index is 0. The van der Waals surface area contributed by atoms with Crippen LogP contribution in [0, 0.1) is 6.92 Å². The van der Waals surface area contributed by atoms with Crippen molar-refractivity contribution in [1.29, 1.82) is 0 Å². The smallest absolute Gasteiger partial charge is 0.191 e. The average Bonchev–Trinajstić information content (AvgIpc) is 2.51. The number of ether oxygens (including phenoxy) is 1. The first-order chi connectivity index (χ1) is 10.3. The van der Waals surface area contributed by atoms with E-state index in [1.54, 1.807) is 14.2 Å². The quantitative estimate of drug-likeness (QED) is 0.270. The summed E-state index contributed by atoms with van der Waals surface area (Å²) in [6.07, 6.45) is 0.985. The van der Waals surface area contributed by atoms with Gasteiger partial charge >= 0.3 is 0 Å². The molecule has 0 atom stereocenters. The third-order valence-electron chi connectivity index (χ3n) is 2.97. The van der Waals surface area contributed by atoms with E-state index < -0.39 is 0 Å². The van der Waals surface area contributed by atoms with E-state index in [9.17, 15) is 0 Å². The molecule has 0 heterocycles. The Balaban J connectivity index is 0.00000441. The second-order valence-electron chi connectivity index (χ2n) is 4.81. The van der Waals surface area contributed by atoms with Crippen molar-refractivity contribution in [1.82, 2.24) is 10.6 Å². The molecule has 0 aliphatic carbocycles. The molecule has 0 saturated heterocycles. The highest BCUT2D eigenvalue weighted by Gasteiger charge is 1.97. The maximum Gasteiger partial charge on any atom is 0.191 e. The number of halogens is 1. The number of hydrogen-bond donors (Lipinski definition) is 2. The summed E-state index contributed by atoms with van der Waals surface area (Å²) in [4.78, 5) is 4.20. The molecule has 0 aliphatic rings. The topological polar surface area (TPSA) is 45.7 Å². The lowest BCUT2D eigenvalue weighted by atomic mass is 10.2. The van der Waals surface area contributed by atoms with Gasteiger partial charge < -0.3 is 15.4 Å². The monoisotopic (exact) mass is 437 g/mol. The molecule has 126 valence electrons. The summed E-state index contributed by atoms with van der Waals surface area (Å²) in [5, 5.41) is 6.59. The second-order valence-corrected chi connectivity index (χ2v) is 5.92. The molecular weight excluding hydrogens is 409 g/mol. The first-order valence-electron chi connectivity index (χ1n) is 7.33. The fourth-order valence-corrected chi connectivity index (χ4v) is 2.58. The third kappa shape index (κ3) is 10.3. The molecule has 1 aromatic rings. The van der Waals surface area contributed by atoms with Crippen LogP contribution in [0.25, 0.3) is 0 Å². The Hall–Kier alpha value is -0.470. The van der Waals surface area contributed by atoms with Gasteiger partial charge in [0.25, 0.3) is 0 Å². The van der Waals surface area contributed by atoms with E-state index in [2.05, 4.69) is 46.8 Å². The van der Waals surface area contributed by atoms with Crippen molar-refractivity contribution in [2.75, 3.05) is 39.6 Å². The van der Waals surface area contributed by atoms with Crippen LogP contribution in [-0.4, -0.2) is 45.6 Å². The zero-order chi connectivity index (χ0) is 15.3.